The van der Waals surface area contributed by atoms with Crippen molar-refractivity contribution in [1.29, 1.82) is 0 Å². The zero-order chi connectivity index (χ0) is 50.0. The maximum absolute atomic E-state index is 12.8. The van der Waals surface area contributed by atoms with Gasteiger partial charge in [0.2, 0.25) is 0 Å². The Morgan fingerprint density at radius 1 is 0.304 bits per heavy atom. The Bertz CT molecular complexity index is 1560. The molecule has 0 amide bonds. The summed E-state index contributed by atoms with van der Waals surface area (Å²) in [5, 5.41) is 0. The van der Waals surface area contributed by atoms with Gasteiger partial charge in [-0.15, -0.1) is 0 Å². The summed E-state index contributed by atoms with van der Waals surface area (Å²) in [4.78, 5) is 38.0. The van der Waals surface area contributed by atoms with Crippen LogP contribution in [0.2, 0.25) is 0 Å². The van der Waals surface area contributed by atoms with Crippen molar-refractivity contribution in [3.63, 3.8) is 0 Å². The maximum Gasteiger partial charge on any atom is 0.306 e. The van der Waals surface area contributed by atoms with Crippen molar-refractivity contribution in [3.05, 3.63) is 146 Å². The number of carbonyl (C=O) groups is 3. The third kappa shape index (κ3) is 54.1. The first-order chi connectivity index (χ1) is 34.0. The molecule has 0 heterocycles. The van der Waals surface area contributed by atoms with Crippen LogP contribution >= 0.6 is 0 Å². The van der Waals surface area contributed by atoms with Crippen LogP contribution in [0, 0.1) is 0 Å². The number of ether oxygens (including phenoxy) is 3. The fraction of sp³-hybridized carbons (Fsp3) is 0.571. The molecule has 0 fully saturated rings. The predicted molar refractivity (Wildman–Crippen MR) is 297 cm³/mol. The highest BCUT2D eigenvalue weighted by Gasteiger charge is 2.19. The molecule has 69 heavy (non-hydrogen) atoms. The molecule has 0 saturated carbocycles. The Balaban J connectivity index is 4.64. The molecular weight excluding hydrogens is 853 g/mol. The predicted octanol–water partition coefficient (Wildman–Crippen LogP) is 18.4. The molecule has 0 saturated heterocycles. The van der Waals surface area contributed by atoms with Crippen molar-refractivity contribution in [2.75, 3.05) is 13.2 Å². The topological polar surface area (TPSA) is 78.9 Å². The molecule has 0 aliphatic rings. The van der Waals surface area contributed by atoms with Crippen LogP contribution in [-0.4, -0.2) is 37.2 Å². The van der Waals surface area contributed by atoms with Crippen LogP contribution in [0.3, 0.4) is 0 Å². The summed E-state index contributed by atoms with van der Waals surface area (Å²) in [6.07, 6.45) is 80.0. The normalized spacial score (nSPS) is 13.3. The number of esters is 3. The van der Waals surface area contributed by atoms with Crippen LogP contribution in [0.15, 0.2) is 146 Å². The van der Waals surface area contributed by atoms with E-state index in [0.29, 0.717) is 19.3 Å². The highest BCUT2D eigenvalue weighted by molar-refractivity contribution is 5.71. The Kier molecular flexibility index (Phi) is 52.1. The van der Waals surface area contributed by atoms with Crippen LogP contribution in [0.5, 0.6) is 0 Å². The molecule has 1 atom stereocenters. The summed E-state index contributed by atoms with van der Waals surface area (Å²) in [7, 11) is 0. The molecule has 6 nitrogen and oxygen atoms in total. The summed E-state index contributed by atoms with van der Waals surface area (Å²) >= 11 is 0. The SMILES string of the molecule is CC/C=C\C/C=C\C/C=C\C/C=C\C/C=C\C/C=C\CCC(=O)OCC(COC(=O)CCCCCCCCCCCCCCC)OC(=O)CC/C=C\C/C=C\C/C=C\C/C=C\C/C=C\C/C=C\CC. The average molecular weight is 951 g/mol. The van der Waals surface area contributed by atoms with Gasteiger partial charge in [0.05, 0.1) is 0 Å². The average Bonchev–Trinajstić information content (AvgIpc) is 3.35. The van der Waals surface area contributed by atoms with Crippen molar-refractivity contribution in [2.45, 2.75) is 219 Å². The molecule has 386 valence electrons. The number of unbranched alkanes of at least 4 members (excludes halogenated alkanes) is 12. The summed E-state index contributed by atoms with van der Waals surface area (Å²) in [5.74, 6) is -1.12. The van der Waals surface area contributed by atoms with Gasteiger partial charge in [0.15, 0.2) is 6.10 Å². The molecule has 0 aromatic rings. The van der Waals surface area contributed by atoms with E-state index in [1.165, 1.54) is 64.2 Å². The van der Waals surface area contributed by atoms with Gasteiger partial charge in [0, 0.05) is 19.3 Å². The zero-order valence-electron chi connectivity index (χ0n) is 44.0. The van der Waals surface area contributed by atoms with Gasteiger partial charge in [-0.3, -0.25) is 14.4 Å². The fourth-order valence-electron chi connectivity index (χ4n) is 6.85. The van der Waals surface area contributed by atoms with E-state index in [4.69, 9.17) is 14.2 Å². The van der Waals surface area contributed by atoms with Crippen molar-refractivity contribution in [3.8, 4) is 0 Å². The monoisotopic (exact) mass is 951 g/mol. The quantitative estimate of drug-likeness (QED) is 0.0262. The fourth-order valence-corrected chi connectivity index (χ4v) is 6.85. The van der Waals surface area contributed by atoms with Gasteiger partial charge in [0.25, 0.3) is 0 Å². The van der Waals surface area contributed by atoms with Crippen molar-refractivity contribution < 1.29 is 28.6 Å². The largest absolute Gasteiger partial charge is 0.462 e. The molecule has 0 rings (SSSR count). The molecule has 0 aromatic heterocycles. The molecule has 0 spiro atoms. The van der Waals surface area contributed by atoms with Crippen molar-refractivity contribution >= 4 is 17.9 Å². The van der Waals surface area contributed by atoms with Gasteiger partial charge >= 0.3 is 17.9 Å². The standard InChI is InChI=1S/C63H98O6/c1-4-7-10-13-16-19-22-25-27-29-31-33-35-38-41-44-47-50-53-56-62(65)68-59-60(58-67-61(64)55-52-49-46-43-40-37-24-21-18-15-12-9-6-3)69-63(66)57-54-51-48-45-42-39-36-34-32-30-28-26-23-20-17-14-11-8-5-2/h7-8,10-11,16-17,19-20,25-28,31-34,38-39,41-42,47-48,50-51,60H,4-6,9,12-15,18,21-24,29-30,35-37,40,43-46,49,52-59H2,1-3H3/b10-7-,11-8-,19-16-,20-17-,27-25-,28-26-,33-31-,34-32-,41-38-,42-39-,50-47-,51-48-. The Labute approximate surface area is 423 Å². The number of hydrogen-bond acceptors (Lipinski definition) is 6. The lowest BCUT2D eigenvalue weighted by atomic mass is 10.0. The summed E-state index contributed by atoms with van der Waals surface area (Å²) < 4.78 is 16.7. The van der Waals surface area contributed by atoms with Crippen LogP contribution in [0.25, 0.3) is 0 Å². The van der Waals surface area contributed by atoms with Crippen LogP contribution in [0.1, 0.15) is 213 Å². The van der Waals surface area contributed by atoms with E-state index < -0.39 is 12.1 Å². The molecular formula is C63H98O6. The second-order valence-electron chi connectivity index (χ2n) is 17.4. The molecule has 0 N–H and O–H groups in total. The highest BCUT2D eigenvalue weighted by atomic mass is 16.6. The minimum atomic E-state index is -0.854. The summed E-state index contributed by atoms with van der Waals surface area (Å²) in [5.41, 5.74) is 0. The van der Waals surface area contributed by atoms with E-state index >= 15 is 0 Å². The second kappa shape index (κ2) is 55.9. The molecule has 6 heteroatoms. The number of hydrogen-bond donors (Lipinski definition) is 0. The third-order valence-electron chi connectivity index (χ3n) is 10.9. The van der Waals surface area contributed by atoms with E-state index in [0.717, 1.165) is 96.3 Å². The first kappa shape index (κ1) is 64.3. The molecule has 0 bridgehead atoms. The van der Waals surface area contributed by atoms with Gasteiger partial charge in [0.1, 0.15) is 13.2 Å². The zero-order valence-corrected chi connectivity index (χ0v) is 44.0. The Morgan fingerprint density at radius 2 is 0.565 bits per heavy atom. The van der Waals surface area contributed by atoms with E-state index in [2.05, 4.69) is 142 Å². The molecule has 0 aromatic carbocycles. The first-order valence-electron chi connectivity index (χ1n) is 27.3. The highest BCUT2D eigenvalue weighted by Crippen LogP contribution is 2.14. The van der Waals surface area contributed by atoms with Gasteiger partial charge < -0.3 is 14.2 Å². The summed E-state index contributed by atoms with van der Waals surface area (Å²) in [6, 6.07) is 0. The lowest BCUT2D eigenvalue weighted by Gasteiger charge is -2.18. The maximum atomic E-state index is 12.8. The van der Waals surface area contributed by atoms with Crippen LogP contribution in [-0.2, 0) is 28.6 Å². The number of rotatable bonds is 47. The first-order valence-corrected chi connectivity index (χ1v) is 27.3. The van der Waals surface area contributed by atoms with Gasteiger partial charge in [-0.05, 0) is 96.3 Å². The van der Waals surface area contributed by atoms with E-state index in [-0.39, 0.29) is 38.0 Å². The number of carbonyl (C=O) groups excluding carboxylic acids is 3. The van der Waals surface area contributed by atoms with E-state index in [1.807, 2.05) is 24.3 Å². The minimum Gasteiger partial charge on any atom is -0.462 e. The van der Waals surface area contributed by atoms with Gasteiger partial charge in [-0.1, -0.05) is 244 Å². The van der Waals surface area contributed by atoms with E-state index in [9.17, 15) is 14.4 Å². The molecule has 0 radical (unpaired) electrons. The van der Waals surface area contributed by atoms with Crippen LogP contribution in [0.4, 0.5) is 0 Å². The summed E-state index contributed by atoms with van der Waals surface area (Å²) in [6.45, 7) is 6.27. The lowest BCUT2D eigenvalue weighted by molar-refractivity contribution is -0.166. The second-order valence-corrected chi connectivity index (χ2v) is 17.4. The number of allylic oxidation sites excluding steroid dienone is 24. The van der Waals surface area contributed by atoms with Crippen molar-refractivity contribution in [2.24, 2.45) is 0 Å². The van der Waals surface area contributed by atoms with Gasteiger partial charge in [-0.25, -0.2) is 0 Å². The van der Waals surface area contributed by atoms with E-state index in [1.54, 1.807) is 0 Å². The molecule has 0 aliphatic carbocycles. The lowest BCUT2D eigenvalue weighted by Crippen LogP contribution is -2.30. The molecule has 1 unspecified atom stereocenters. The Hall–Kier alpha value is -4.71. The minimum absolute atomic E-state index is 0.136. The van der Waals surface area contributed by atoms with Crippen LogP contribution < -0.4 is 0 Å². The van der Waals surface area contributed by atoms with Gasteiger partial charge in [-0.2, -0.15) is 0 Å². The Morgan fingerprint density at radius 3 is 0.884 bits per heavy atom. The molecule has 0 aliphatic heterocycles. The smallest absolute Gasteiger partial charge is 0.306 e. The third-order valence-corrected chi connectivity index (χ3v) is 10.9. The van der Waals surface area contributed by atoms with Crippen molar-refractivity contribution in [1.82, 2.24) is 0 Å².